The Bertz CT molecular complexity index is 616. The lowest BCUT2D eigenvalue weighted by Crippen LogP contribution is -2.10. The average Bonchev–Trinajstić information content (AvgIpc) is 2.41. The fraction of sp³-hybridized carbons (Fsp3) is 0.133. The Morgan fingerprint density at radius 3 is 2.55 bits per heavy atom. The van der Waals surface area contributed by atoms with Crippen LogP contribution in [0, 0.1) is 5.82 Å². The summed E-state index contributed by atoms with van der Waals surface area (Å²) in [5.41, 5.74) is 7.11. The quantitative estimate of drug-likeness (QED) is 0.851. The minimum absolute atomic E-state index is 0.0950. The molecule has 2 aromatic rings. The van der Waals surface area contributed by atoms with E-state index in [9.17, 15) is 4.39 Å². The number of rotatable bonds is 5. The molecule has 0 unspecified atom stereocenters. The first-order chi connectivity index (χ1) is 9.56. The predicted octanol–water partition coefficient (Wildman–Crippen LogP) is 3.89. The molecule has 2 nitrogen and oxygen atoms in total. The smallest absolute Gasteiger partial charge is 0.142 e. The summed E-state index contributed by atoms with van der Waals surface area (Å²) >= 11 is 10.7. The lowest BCUT2D eigenvalue weighted by atomic mass is 10.1. The number of hydrogen-bond donors (Lipinski definition) is 1. The molecule has 0 aromatic heterocycles. The van der Waals surface area contributed by atoms with Gasteiger partial charge in [0.25, 0.3) is 0 Å². The van der Waals surface area contributed by atoms with Crippen LogP contribution >= 0.6 is 23.8 Å². The number of ether oxygens (including phenoxy) is 1. The minimum atomic E-state index is -0.445. The maximum absolute atomic E-state index is 13.3. The fourth-order valence-electron chi connectivity index (χ4n) is 1.73. The van der Waals surface area contributed by atoms with Crippen LogP contribution in [0.2, 0.25) is 5.02 Å². The van der Waals surface area contributed by atoms with Crippen LogP contribution in [0.15, 0.2) is 42.5 Å². The van der Waals surface area contributed by atoms with Gasteiger partial charge in [-0.15, -0.1) is 0 Å². The van der Waals surface area contributed by atoms with Gasteiger partial charge in [-0.25, -0.2) is 4.39 Å². The van der Waals surface area contributed by atoms with Gasteiger partial charge >= 0.3 is 0 Å². The van der Waals surface area contributed by atoms with Crippen LogP contribution < -0.4 is 10.5 Å². The summed E-state index contributed by atoms with van der Waals surface area (Å²) in [6.45, 7) is 0.214. The molecular formula is C15H13ClFNOS. The second-order valence-electron chi connectivity index (χ2n) is 4.29. The van der Waals surface area contributed by atoms with Crippen molar-refractivity contribution in [3.05, 3.63) is 64.4 Å². The van der Waals surface area contributed by atoms with Crippen molar-refractivity contribution >= 4 is 28.8 Å². The highest BCUT2D eigenvalue weighted by Gasteiger charge is 2.06. The van der Waals surface area contributed by atoms with Crippen molar-refractivity contribution in [2.24, 2.45) is 5.73 Å². The number of thiocarbonyl (C=S) groups is 1. The van der Waals surface area contributed by atoms with Gasteiger partial charge in [0.1, 0.15) is 18.2 Å². The zero-order valence-corrected chi connectivity index (χ0v) is 12.2. The highest BCUT2D eigenvalue weighted by molar-refractivity contribution is 7.80. The third-order valence-electron chi connectivity index (χ3n) is 2.73. The molecule has 0 amide bonds. The van der Waals surface area contributed by atoms with Gasteiger partial charge in [-0.2, -0.15) is 0 Å². The molecule has 0 spiro atoms. The molecule has 20 heavy (non-hydrogen) atoms. The van der Waals surface area contributed by atoms with Crippen molar-refractivity contribution in [2.75, 3.05) is 0 Å². The van der Waals surface area contributed by atoms with Crippen LogP contribution in [0.1, 0.15) is 11.1 Å². The lowest BCUT2D eigenvalue weighted by Gasteiger charge is -2.09. The Morgan fingerprint density at radius 1 is 1.20 bits per heavy atom. The van der Waals surface area contributed by atoms with E-state index in [4.69, 9.17) is 34.3 Å². The molecule has 0 saturated heterocycles. The summed E-state index contributed by atoms with van der Waals surface area (Å²) in [5.74, 6) is 0.233. The topological polar surface area (TPSA) is 35.2 Å². The highest BCUT2D eigenvalue weighted by Crippen LogP contribution is 2.22. The SMILES string of the molecule is NC(=S)Cc1ccc(OCc2cccc(F)c2Cl)cc1. The summed E-state index contributed by atoms with van der Waals surface area (Å²) < 4.78 is 18.8. The van der Waals surface area contributed by atoms with E-state index in [1.165, 1.54) is 6.07 Å². The Hall–Kier alpha value is -1.65. The predicted molar refractivity (Wildman–Crippen MR) is 82.7 cm³/mol. The zero-order valence-electron chi connectivity index (χ0n) is 10.6. The van der Waals surface area contributed by atoms with Gasteiger partial charge in [0.05, 0.1) is 10.0 Å². The van der Waals surface area contributed by atoms with E-state index < -0.39 is 5.82 Å². The second kappa shape index (κ2) is 6.68. The van der Waals surface area contributed by atoms with Gasteiger partial charge < -0.3 is 10.5 Å². The highest BCUT2D eigenvalue weighted by atomic mass is 35.5. The summed E-state index contributed by atoms with van der Waals surface area (Å²) in [6.07, 6.45) is 0.561. The van der Waals surface area contributed by atoms with Crippen LogP contribution in [-0.2, 0) is 13.0 Å². The Kier molecular flexibility index (Phi) is 4.93. The lowest BCUT2D eigenvalue weighted by molar-refractivity contribution is 0.305. The van der Waals surface area contributed by atoms with E-state index in [1.54, 1.807) is 12.1 Å². The molecule has 0 saturated carbocycles. The Balaban J connectivity index is 2.00. The van der Waals surface area contributed by atoms with E-state index in [-0.39, 0.29) is 11.6 Å². The molecule has 0 radical (unpaired) electrons. The summed E-state index contributed by atoms with van der Waals surface area (Å²) in [7, 11) is 0. The van der Waals surface area contributed by atoms with Crippen LogP contribution in [-0.4, -0.2) is 4.99 Å². The number of halogens is 2. The van der Waals surface area contributed by atoms with Crippen molar-refractivity contribution in [3.63, 3.8) is 0 Å². The van der Waals surface area contributed by atoms with E-state index in [0.29, 0.717) is 22.7 Å². The monoisotopic (exact) mass is 309 g/mol. The van der Waals surface area contributed by atoms with Gasteiger partial charge in [-0.3, -0.25) is 0 Å². The van der Waals surface area contributed by atoms with Gasteiger partial charge in [-0.1, -0.05) is 48.1 Å². The van der Waals surface area contributed by atoms with Gasteiger partial charge in [-0.05, 0) is 23.8 Å². The van der Waals surface area contributed by atoms with Crippen molar-refractivity contribution in [1.82, 2.24) is 0 Å². The molecule has 0 atom stereocenters. The second-order valence-corrected chi connectivity index (χ2v) is 5.19. The third kappa shape index (κ3) is 3.92. The first-order valence-corrected chi connectivity index (χ1v) is 6.78. The maximum atomic E-state index is 13.3. The molecule has 2 aromatic carbocycles. The Morgan fingerprint density at radius 2 is 1.90 bits per heavy atom. The molecule has 0 bridgehead atoms. The van der Waals surface area contributed by atoms with Gasteiger partial charge in [0, 0.05) is 12.0 Å². The first kappa shape index (κ1) is 14.8. The molecule has 2 N–H and O–H groups in total. The van der Waals surface area contributed by atoms with Crippen LogP contribution in [0.25, 0.3) is 0 Å². The molecule has 104 valence electrons. The number of benzene rings is 2. The van der Waals surface area contributed by atoms with Gasteiger partial charge in [0.15, 0.2) is 0 Å². The van der Waals surface area contributed by atoms with Gasteiger partial charge in [0.2, 0.25) is 0 Å². The maximum Gasteiger partial charge on any atom is 0.142 e. The third-order valence-corrected chi connectivity index (χ3v) is 3.30. The molecule has 0 heterocycles. The van der Waals surface area contributed by atoms with Crippen molar-refractivity contribution in [1.29, 1.82) is 0 Å². The number of nitrogens with two attached hydrogens (primary N) is 1. The van der Waals surface area contributed by atoms with Crippen molar-refractivity contribution < 1.29 is 9.13 Å². The van der Waals surface area contributed by atoms with E-state index in [1.807, 2.05) is 24.3 Å². The largest absolute Gasteiger partial charge is 0.489 e. The minimum Gasteiger partial charge on any atom is -0.489 e. The molecule has 0 aliphatic rings. The summed E-state index contributed by atoms with van der Waals surface area (Å²) in [5, 5.41) is 0.0950. The molecule has 5 heteroatoms. The van der Waals surface area contributed by atoms with Crippen LogP contribution in [0.5, 0.6) is 5.75 Å². The van der Waals surface area contributed by atoms with E-state index in [0.717, 1.165) is 5.56 Å². The van der Waals surface area contributed by atoms with Crippen molar-refractivity contribution in [2.45, 2.75) is 13.0 Å². The fourth-order valence-corrected chi connectivity index (χ4v) is 2.07. The average molecular weight is 310 g/mol. The molecule has 0 aliphatic heterocycles. The Labute approximate surface area is 127 Å². The normalized spacial score (nSPS) is 10.3. The van der Waals surface area contributed by atoms with E-state index >= 15 is 0 Å². The van der Waals surface area contributed by atoms with Crippen LogP contribution in [0.3, 0.4) is 0 Å². The zero-order chi connectivity index (χ0) is 14.5. The van der Waals surface area contributed by atoms with Crippen molar-refractivity contribution in [3.8, 4) is 5.75 Å². The number of hydrogen-bond acceptors (Lipinski definition) is 2. The summed E-state index contributed by atoms with van der Waals surface area (Å²) in [6, 6.07) is 12.1. The molecular weight excluding hydrogens is 297 g/mol. The van der Waals surface area contributed by atoms with Crippen LogP contribution in [0.4, 0.5) is 4.39 Å². The standard InChI is InChI=1S/C15H13ClFNOS/c16-15-11(2-1-3-13(15)17)9-19-12-6-4-10(5-7-12)8-14(18)20/h1-7H,8-9H2,(H2,18,20). The molecule has 0 aliphatic carbocycles. The summed E-state index contributed by atoms with van der Waals surface area (Å²) in [4.78, 5) is 0.449. The molecule has 2 rings (SSSR count). The first-order valence-electron chi connectivity index (χ1n) is 5.99. The molecule has 0 fully saturated rings. The van der Waals surface area contributed by atoms with E-state index in [2.05, 4.69) is 0 Å².